The van der Waals surface area contributed by atoms with Crippen molar-refractivity contribution in [2.24, 2.45) is 17.1 Å². The van der Waals surface area contributed by atoms with E-state index in [0.717, 1.165) is 32.4 Å². The molecule has 2 fully saturated rings. The Hall–Kier alpha value is -0.610. The third kappa shape index (κ3) is 2.23. The topological polar surface area (TPSA) is 58.4 Å². The molecular formula is C12H23N3O. The van der Waals surface area contributed by atoms with Crippen molar-refractivity contribution in [3.63, 3.8) is 0 Å². The first kappa shape index (κ1) is 11.9. The zero-order valence-electron chi connectivity index (χ0n) is 10.3. The summed E-state index contributed by atoms with van der Waals surface area (Å²) in [5.41, 5.74) is 5.46. The lowest BCUT2D eigenvalue weighted by Gasteiger charge is -2.35. The number of nitrogens with zero attached hydrogens (tertiary/aromatic N) is 1. The predicted molar refractivity (Wildman–Crippen MR) is 63.9 cm³/mol. The molecule has 0 bridgehead atoms. The van der Waals surface area contributed by atoms with E-state index < -0.39 is 0 Å². The number of nitrogens with two attached hydrogens (primary N) is 1. The fourth-order valence-corrected chi connectivity index (χ4v) is 2.56. The first-order chi connectivity index (χ1) is 7.57. The fourth-order valence-electron chi connectivity index (χ4n) is 2.56. The summed E-state index contributed by atoms with van der Waals surface area (Å²) in [6, 6.07) is 0.340. The molecule has 2 atom stereocenters. The highest BCUT2D eigenvalue weighted by molar-refractivity contribution is 5.85. The minimum absolute atomic E-state index is 0.191. The molecule has 1 saturated heterocycles. The number of amides is 1. The van der Waals surface area contributed by atoms with E-state index in [1.807, 2.05) is 0 Å². The van der Waals surface area contributed by atoms with Gasteiger partial charge >= 0.3 is 0 Å². The summed E-state index contributed by atoms with van der Waals surface area (Å²) >= 11 is 0. The van der Waals surface area contributed by atoms with Gasteiger partial charge in [0, 0.05) is 19.1 Å². The Morgan fingerprint density at radius 1 is 1.56 bits per heavy atom. The lowest BCUT2D eigenvalue weighted by atomic mass is 9.93. The van der Waals surface area contributed by atoms with Crippen molar-refractivity contribution >= 4 is 5.91 Å². The molecule has 0 aromatic carbocycles. The van der Waals surface area contributed by atoms with Gasteiger partial charge in [0.1, 0.15) is 0 Å². The molecule has 4 nitrogen and oxygen atoms in total. The van der Waals surface area contributed by atoms with Gasteiger partial charge in [-0.1, -0.05) is 6.92 Å². The van der Waals surface area contributed by atoms with Gasteiger partial charge in [0.25, 0.3) is 0 Å². The zero-order valence-corrected chi connectivity index (χ0v) is 10.3. The van der Waals surface area contributed by atoms with Gasteiger partial charge in [0.05, 0.1) is 5.41 Å². The SMILES string of the molecule is CC1CN(C)CCC1NC(=O)C1(CN)CC1. The van der Waals surface area contributed by atoms with Crippen molar-refractivity contribution in [2.75, 3.05) is 26.7 Å². The maximum atomic E-state index is 12.0. The van der Waals surface area contributed by atoms with Crippen LogP contribution in [0.4, 0.5) is 0 Å². The standard InChI is InChI=1S/C12H23N3O/c1-9-7-15(2)6-3-10(9)14-11(16)12(8-13)4-5-12/h9-10H,3-8,13H2,1-2H3,(H,14,16). The predicted octanol–water partition coefficient (Wildman–Crippen LogP) is 0.182. The molecule has 0 aromatic rings. The highest BCUT2D eigenvalue weighted by Crippen LogP contribution is 2.44. The van der Waals surface area contributed by atoms with Crippen molar-refractivity contribution in [3.8, 4) is 0 Å². The third-order valence-corrected chi connectivity index (χ3v) is 4.15. The van der Waals surface area contributed by atoms with Crippen LogP contribution in [0.1, 0.15) is 26.2 Å². The average molecular weight is 225 g/mol. The lowest BCUT2D eigenvalue weighted by Crippen LogP contribution is -2.51. The zero-order chi connectivity index (χ0) is 11.8. The summed E-state index contributed by atoms with van der Waals surface area (Å²) in [6.45, 7) is 4.86. The monoisotopic (exact) mass is 225 g/mol. The molecule has 2 unspecified atom stereocenters. The molecule has 1 aliphatic carbocycles. The van der Waals surface area contributed by atoms with Gasteiger partial charge in [-0.05, 0) is 38.8 Å². The molecule has 1 heterocycles. The summed E-state index contributed by atoms with van der Waals surface area (Å²) < 4.78 is 0. The van der Waals surface area contributed by atoms with Gasteiger partial charge in [-0.2, -0.15) is 0 Å². The van der Waals surface area contributed by atoms with Crippen LogP contribution in [0.5, 0.6) is 0 Å². The number of hydrogen-bond donors (Lipinski definition) is 2. The van der Waals surface area contributed by atoms with Crippen LogP contribution in [-0.4, -0.2) is 43.5 Å². The summed E-state index contributed by atoms with van der Waals surface area (Å²) in [6.07, 6.45) is 3.00. The van der Waals surface area contributed by atoms with Crippen LogP contribution in [0.15, 0.2) is 0 Å². The Morgan fingerprint density at radius 3 is 2.75 bits per heavy atom. The van der Waals surface area contributed by atoms with Crippen LogP contribution >= 0.6 is 0 Å². The summed E-state index contributed by atoms with van der Waals surface area (Å²) in [5.74, 6) is 0.729. The van der Waals surface area contributed by atoms with Crippen LogP contribution < -0.4 is 11.1 Å². The number of carbonyl (C=O) groups is 1. The maximum Gasteiger partial charge on any atom is 0.227 e. The second-order valence-electron chi connectivity index (χ2n) is 5.59. The number of rotatable bonds is 3. The van der Waals surface area contributed by atoms with E-state index in [9.17, 15) is 4.79 Å². The van der Waals surface area contributed by atoms with Crippen LogP contribution in [0.3, 0.4) is 0 Å². The van der Waals surface area contributed by atoms with Crippen molar-refractivity contribution in [2.45, 2.75) is 32.2 Å². The van der Waals surface area contributed by atoms with Crippen molar-refractivity contribution in [3.05, 3.63) is 0 Å². The molecule has 3 N–H and O–H groups in total. The van der Waals surface area contributed by atoms with Crippen molar-refractivity contribution in [1.82, 2.24) is 10.2 Å². The number of nitrogens with one attached hydrogen (secondary N) is 1. The van der Waals surface area contributed by atoms with Gasteiger partial charge in [0.15, 0.2) is 0 Å². The largest absolute Gasteiger partial charge is 0.352 e. The van der Waals surface area contributed by atoms with Gasteiger partial charge in [-0.3, -0.25) is 4.79 Å². The summed E-state index contributed by atoms with van der Waals surface area (Å²) in [4.78, 5) is 14.4. The second-order valence-corrected chi connectivity index (χ2v) is 5.59. The molecule has 2 rings (SSSR count). The van der Waals surface area contributed by atoms with Crippen LogP contribution in [0.25, 0.3) is 0 Å². The number of likely N-dealkylation sites (tertiary alicyclic amines) is 1. The fraction of sp³-hybridized carbons (Fsp3) is 0.917. The molecule has 1 aliphatic heterocycles. The Balaban J connectivity index is 1.87. The number of piperidine rings is 1. The van der Waals surface area contributed by atoms with Gasteiger partial charge in [0.2, 0.25) is 5.91 Å². The Morgan fingerprint density at radius 2 is 2.25 bits per heavy atom. The van der Waals surface area contributed by atoms with Gasteiger partial charge in [-0.25, -0.2) is 0 Å². The molecule has 16 heavy (non-hydrogen) atoms. The average Bonchev–Trinajstić information content (AvgIpc) is 3.03. The van der Waals surface area contributed by atoms with Crippen LogP contribution in [0.2, 0.25) is 0 Å². The van der Waals surface area contributed by atoms with Crippen LogP contribution in [0, 0.1) is 11.3 Å². The van der Waals surface area contributed by atoms with E-state index in [2.05, 4.69) is 24.2 Å². The molecule has 0 aromatic heterocycles. The quantitative estimate of drug-likeness (QED) is 0.720. The lowest BCUT2D eigenvalue weighted by molar-refractivity contribution is -0.127. The molecule has 4 heteroatoms. The van der Waals surface area contributed by atoms with Crippen LogP contribution in [-0.2, 0) is 4.79 Å². The Kier molecular flexibility index (Phi) is 3.22. The molecule has 0 radical (unpaired) electrons. The minimum Gasteiger partial charge on any atom is -0.352 e. The van der Waals surface area contributed by atoms with E-state index >= 15 is 0 Å². The minimum atomic E-state index is -0.205. The first-order valence-electron chi connectivity index (χ1n) is 6.27. The van der Waals surface area contributed by atoms with Crippen molar-refractivity contribution < 1.29 is 4.79 Å². The van der Waals surface area contributed by atoms with Gasteiger partial charge in [-0.15, -0.1) is 0 Å². The second kappa shape index (κ2) is 4.34. The first-order valence-corrected chi connectivity index (χ1v) is 6.27. The van der Waals surface area contributed by atoms with E-state index in [1.54, 1.807) is 0 Å². The van der Waals surface area contributed by atoms with Gasteiger partial charge < -0.3 is 16.0 Å². The van der Waals surface area contributed by atoms with E-state index in [-0.39, 0.29) is 11.3 Å². The van der Waals surface area contributed by atoms with E-state index in [1.165, 1.54) is 0 Å². The highest BCUT2D eigenvalue weighted by atomic mass is 16.2. The smallest absolute Gasteiger partial charge is 0.227 e. The summed E-state index contributed by atoms with van der Waals surface area (Å²) in [5, 5.41) is 3.20. The van der Waals surface area contributed by atoms with E-state index in [0.29, 0.717) is 18.5 Å². The van der Waals surface area contributed by atoms with Crippen molar-refractivity contribution in [1.29, 1.82) is 0 Å². The van der Waals surface area contributed by atoms with E-state index in [4.69, 9.17) is 5.73 Å². The summed E-state index contributed by atoms with van der Waals surface area (Å²) in [7, 11) is 2.14. The Labute approximate surface area is 97.6 Å². The Bertz CT molecular complexity index is 275. The highest BCUT2D eigenvalue weighted by Gasteiger charge is 2.49. The molecule has 92 valence electrons. The molecule has 0 spiro atoms. The number of carbonyl (C=O) groups excluding carboxylic acids is 1. The third-order valence-electron chi connectivity index (χ3n) is 4.15. The molecule has 1 amide bonds. The maximum absolute atomic E-state index is 12.0. The normalized spacial score (nSPS) is 33.4. The molecule has 1 saturated carbocycles. The molecule has 2 aliphatic rings. The molecular weight excluding hydrogens is 202 g/mol. The number of hydrogen-bond acceptors (Lipinski definition) is 3.